The van der Waals surface area contributed by atoms with Gasteiger partial charge in [-0.15, -0.1) is 0 Å². The van der Waals surface area contributed by atoms with Gasteiger partial charge in [-0.05, 0) is 13.3 Å². The van der Waals surface area contributed by atoms with Crippen molar-refractivity contribution in [1.82, 2.24) is 4.72 Å². The number of halogens is 3. The predicted octanol–water partition coefficient (Wildman–Crippen LogP) is 2.18. The molecule has 0 aliphatic carbocycles. The van der Waals surface area contributed by atoms with E-state index in [9.17, 15) is 21.6 Å². The molecule has 0 bridgehead atoms. The molecule has 0 aromatic heterocycles. The van der Waals surface area contributed by atoms with Crippen molar-refractivity contribution in [3.63, 3.8) is 0 Å². The third-order valence-corrected chi connectivity index (χ3v) is 3.84. The predicted molar refractivity (Wildman–Crippen MR) is 56.4 cm³/mol. The van der Waals surface area contributed by atoms with Crippen LogP contribution in [0.1, 0.15) is 20.3 Å². The molecule has 7 heteroatoms. The Labute approximate surface area is 97.7 Å². The van der Waals surface area contributed by atoms with Crippen LogP contribution in [0.5, 0.6) is 0 Å². The molecular formula is C10H12F3NO2S. The lowest BCUT2D eigenvalue weighted by Crippen LogP contribution is -2.33. The zero-order valence-electron chi connectivity index (χ0n) is 9.30. The van der Waals surface area contributed by atoms with Crippen LogP contribution in [-0.2, 0) is 10.0 Å². The Morgan fingerprint density at radius 1 is 1.24 bits per heavy atom. The minimum atomic E-state index is -4.32. The molecule has 0 amide bonds. The Balaban J connectivity index is 3.25. The highest BCUT2D eigenvalue weighted by molar-refractivity contribution is 7.89. The first-order valence-corrected chi connectivity index (χ1v) is 6.43. The van der Waals surface area contributed by atoms with E-state index in [0.29, 0.717) is 18.6 Å². The smallest absolute Gasteiger partial charge is 0.208 e. The Bertz CT molecular complexity index is 493. The zero-order chi connectivity index (χ0) is 13.2. The van der Waals surface area contributed by atoms with E-state index in [0.717, 1.165) is 0 Å². The van der Waals surface area contributed by atoms with E-state index in [2.05, 4.69) is 4.72 Å². The van der Waals surface area contributed by atoms with Gasteiger partial charge in [0, 0.05) is 18.2 Å². The number of hydrogen-bond donors (Lipinski definition) is 1. The molecule has 1 atom stereocenters. The Hall–Kier alpha value is -1.08. The molecule has 0 radical (unpaired) electrons. The van der Waals surface area contributed by atoms with Gasteiger partial charge in [0.05, 0.1) is 0 Å². The van der Waals surface area contributed by atoms with Gasteiger partial charge >= 0.3 is 0 Å². The number of hydrogen-bond acceptors (Lipinski definition) is 2. The van der Waals surface area contributed by atoms with E-state index >= 15 is 0 Å². The molecule has 0 fully saturated rings. The van der Waals surface area contributed by atoms with Gasteiger partial charge in [-0.25, -0.2) is 26.3 Å². The lowest BCUT2D eigenvalue weighted by atomic mass is 10.3. The van der Waals surface area contributed by atoms with E-state index in [1.807, 2.05) is 0 Å². The second kappa shape index (κ2) is 5.05. The number of benzene rings is 1. The molecule has 17 heavy (non-hydrogen) atoms. The van der Waals surface area contributed by atoms with Crippen LogP contribution in [0.2, 0.25) is 0 Å². The van der Waals surface area contributed by atoms with Crippen LogP contribution < -0.4 is 4.72 Å². The van der Waals surface area contributed by atoms with E-state index < -0.39 is 38.4 Å². The molecule has 1 aromatic carbocycles. The molecule has 0 aliphatic heterocycles. The SMILES string of the molecule is CCC(C)NS(=O)(=O)c1c(F)cc(F)cc1F. The summed E-state index contributed by atoms with van der Waals surface area (Å²) in [5, 5.41) is 0. The largest absolute Gasteiger partial charge is 0.246 e. The van der Waals surface area contributed by atoms with Crippen LogP contribution in [-0.4, -0.2) is 14.5 Å². The van der Waals surface area contributed by atoms with Gasteiger partial charge in [0.1, 0.15) is 17.5 Å². The maximum atomic E-state index is 13.3. The molecular weight excluding hydrogens is 255 g/mol. The third kappa shape index (κ3) is 3.19. The van der Waals surface area contributed by atoms with Gasteiger partial charge in [-0.1, -0.05) is 6.92 Å². The Morgan fingerprint density at radius 2 is 1.71 bits per heavy atom. The van der Waals surface area contributed by atoms with Crippen LogP contribution in [0.25, 0.3) is 0 Å². The average molecular weight is 267 g/mol. The van der Waals surface area contributed by atoms with E-state index in [1.54, 1.807) is 13.8 Å². The van der Waals surface area contributed by atoms with Crippen molar-refractivity contribution in [1.29, 1.82) is 0 Å². The molecule has 0 saturated carbocycles. The minimum Gasteiger partial charge on any atom is -0.208 e. The number of sulfonamides is 1. The summed E-state index contributed by atoms with van der Waals surface area (Å²) in [6.07, 6.45) is 0.462. The highest BCUT2D eigenvalue weighted by atomic mass is 32.2. The maximum absolute atomic E-state index is 13.3. The molecule has 0 saturated heterocycles. The molecule has 1 N–H and O–H groups in total. The normalized spacial score (nSPS) is 13.7. The van der Waals surface area contributed by atoms with Gasteiger partial charge in [0.15, 0.2) is 4.90 Å². The van der Waals surface area contributed by atoms with Crippen LogP contribution in [0.3, 0.4) is 0 Å². The van der Waals surface area contributed by atoms with E-state index in [-0.39, 0.29) is 0 Å². The third-order valence-electron chi connectivity index (χ3n) is 2.20. The summed E-state index contributed by atoms with van der Waals surface area (Å²) in [6.45, 7) is 3.27. The minimum absolute atomic E-state index is 0.328. The molecule has 1 aromatic rings. The summed E-state index contributed by atoms with van der Waals surface area (Å²) >= 11 is 0. The first-order valence-electron chi connectivity index (χ1n) is 4.94. The van der Waals surface area contributed by atoms with Crippen molar-refractivity contribution < 1.29 is 21.6 Å². The van der Waals surface area contributed by atoms with Crippen molar-refractivity contribution >= 4 is 10.0 Å². The Morgan fingerprint density at radius 3 is 2.12 bits per heavy atom. The monoisotopic (exact) mass is 267 g/mol. The standard InChI is InChI=1S/C10H12F3NO2S/c1-3-6(2)14-17(15,16)10-8(12)4-7(11)5-9(10)13/h4-6,14H,3H2,1-2H3. The first-order chi connectivity index (χ1) is 7.77. The van der Waals surface area contributed by atoms with Gasteiger partial charge < -0.3 is 0 Å². The van der Waals surface area contributed by atoms with Crippen molar-refractivity contribution in [2.75, 3.05) is 0 Å². The van der Waals surface area contributed by atoms with E-state index in [4.69, 9.17) is 0 Å². The van der Waals surface area contributed by atoms with Gasteiger partial charge in [-0.2, -0.15) is 0 Å². The summed E-state index contributed by atoms with van der Waals surface area (Å²) in [6, 6.07) is 0.187. The van der Waals surface area contributed by atoms with Crippen LogP contribution in [0.4, 0.5) is 13.2 Å². The average Bonchev–Trinajstić information content (AvgIpc) is 2.14. The van der Waals surface area contributed by atoms with Crippen molar-refractivity contribution in [2.45, 2.75) is 31.2 Å². The number of rotatable bonds is 4. The van der Waals surface area contributed by atoms with Gasteiger partial charge in [-0.3, -0.25) is 0 Å². The quantitative estimate of drug-likeness (QED) is 0.908. The van der Waals surface area contributed by atoms with Crippen molar-refractivity contribution in [3.8, 4) is 0 Å². The molecule has 1 rings (SSSR count). The molecule has 0 spiro atoms. The lowest BCUT2D eigenvalue weighted by Gasteiger charge is -2.13. The molecule has 0 heterocycles. The van der Waals surface area contributed by atoms with Gasteiger partial charge in [0.2, 0.25) is 10.0 Å². The molecule has 96 valence electrons. The zero-order valence-corrected chi connectivity index (χ0v) is 10.1. The fourth-order valence-electron chi connectivity index (χ4n) is 1.19. The fraction of sp³-hybridized carbons (Fsp3) is 0.400. The van der Waals surface area contributed by atoms with Gasteiger partial charge in [0.25, 0.3) is 0 Å². The Kier molecular flexibility index (Phi) is 4.16. The fourth-order valence-corrected chi connectivity index (χ4v) is 2.64. The number of nitrogens with one attached hydrogen (secondary N) is 1. The summed E-state index contributed by atoms with van der Waals surface area (Å²) < 4.78 is 64.5. The first kappa shape index (κ1) is 14.0. The highest BCUT2D eigenvalue weighted by Gasteiger charge is 2.26. The summed E-state index contributed by atoms with van der Waals surface area (Å²) in [4.78, 5) is -1.15. The van der Waals surface area contributed by atoms with Crippen molar-refractivity contribution in [3.05, 3.63) is 29.6 Å². The van der Waals surface area contributed by atoms with Crippen LogP contribution in [0.15, 0.2) is 17.0 Å². The second-order valence-corrected chi connectivity index (χ2v) is 5.28. The van der Waals surface area contributed by atoms with Crippen molar-refractivity contribution in [2.24, 2.45) is 0 Å². The topological polar surface area (TPSA) is 46.2 Å². The molecule has 3 nitrogen and oxygen atoms in total. The van der Waals surface area contributed by atoms with E-state index in [1.165, 1.54) is 0 Å². The summed E-state index contributed by atoms with van der Waals surface area (Å²) in [7, 11) is -4.32. The lowest BCUT2D eigenvalue weighted by molar-refractivity contribution is 0.489. The maximum Gasteiger partial charge on any atom is 0.246 e. The molecule has 1 unspecified atom stereocenters. The van der Waals surface area contributed by atoms with Crippen LogP contribution >= 0.6 is 0 Å². The highest BCUT2D eigenvalue weighted by Crippen LogP contribution is 2.20. The summed E-state index contributed by atoms with van der Waals surface area (Å²) in [5.74, 6) is -4.06. The van der Waals surface area contributed by atoms with Crippen LogP contribution in [0, 0.1) is 17.5 Å². The molecule has 0 aliphatic rings. The second-order valence-electron chi connectivity index (χ2n) is 3.63. The summed E-state index contributed by atoms with van der Waals surface area (Å²) in [5.41, 5.74) is 0.